The molecule has 7 nitrogen and oxygen atoms in total. The van der Waals surface area contributed by atoms with Crippen molar-refractivity contribution in [2.75, 3.05) is 18.4 Å². The van der Waals surface area contributed by atoms with Crippen LogP contribution in [-0.4, -0.2) is 46.5 Å². The zero-order chi connectivity index (χ0) is 20.1. The van der Waals surface area contributed by atoms with Gasteiger partial charge >= 0.3 is 12.0 Å². The molecule has 3 amide bonds. The second-order valence-electron chi connectivity index (χ2n) is 8.12. The number of nitrogens with one attached hydrogen (secondary N) is 2. The van der Waals surface area contributed by atoms with Gasteiger partial charge in [0, 0.05) is 18.8 Å². The highest BCUT2D eigenvalue weighted by Gasteiger charge is 2.43. The van der Waals surface area contributed by atoms with Crippen LogP contribution < -0.4 is 10.6 Å². The fourth-order valence-corrected chi connectivity index (χ4v) is 4.36. The van der Waals surface area contributed by atoms with E-state index in [2.05, 4.69) is 10.6 Å². The fourth-order valence-electron chi connectivity index (χ4n) is 4.36. The Hall–Kier alpha value is -2.57. The second kappa shape index (κ2) is 8.63. The molecule has 152 valence electrons. The molecule has 1 aliphatic carbocycles. The molecular formula is C21H29N3O4. The molecule has 1 aliphatic heterocycles. The minimum absolute atomic E-state index is 0.145. The molecule has 0 spiro atoms. The van der Waals surface area contributed by atoms with Crippen molar-refractivity contribution in [2.45, 2.75) is 51.0 Å². The molecule has 28 heavy (non-hydrogen) atoms. The minimum Gasteiger partial charge on any atom is -0.481 e. The molecule has 7 heteroatoms. The number of carbonyl (C=O) groups excluding carboxylic acids is 2. The molecule has 3 N–H and O–H groups in total. The SMILES string of the molecule is CC1(NC(=O)C2CCCN(C(=O)Nc3ccccc3)C2)CCCCC1C(=O)O. The van der Waals surface area contributed by atoms with Crippen LogP contribution in [0, 0.1) is 11.8 Å². The van der Waals surface area contributed by atoms with E-state index in [9.17, 15) is 19.5 Å². The van der Waals surface area contributed by atoms with Gasteiger partial charge in [-0.2, -0.15) is 0 Å². The summed E-state index contributed by atoms with van der Waals surface area (Å²) in [6.07, 6.45) is 4.49. The third kappa shape index (κ3) is 4.64. The van der Waals surface area contributed by atoms with E-state index in [0.29, 0.717) is 32.4 Å². The van der Waals surface area contributed by atoms with E-state index >= 15 is 0 Å². The summed E-state index contributed by atoms with van der Waals surface area (Å²) in [5.41, 5.74) is -0.00599. The van der Waals surface area contributed by atoms with Gasteiger partial charge in [-0.05, 0) is 44.7 Å². The summed E-state index contributed by atoms with van der Waals surface area (Å²) < 4.78 is 0. The van der Waals surface area contributed by atoms with Gasteiger partial charge in [0.25, 0.3) is 0 Å². The highest BCUT2D eigenvalue weighted by Crippen LogP contribution is 2.34. The Morgan fingerprint density at radius 3 is 2.57 bits per heavy atom. The molecule has 2 aliphatic rings. The maximum atomic E-state index is 12.9. The van der Waals surface area contributed by atoms with Crippen molar-refractivity contribution >= 4 is 23.6 Å². The lowest BCUT2D eigenvalue weighted by atomic mass is 9.73. The summed E-state index contributed by atoms with van der Waals surface area (Å²) in [6, 6.07) is 9.02. The van der Waals surface area contributed by atoms with Gasteiger partial charge in [0.1, 0.15) is 0 Å². The number of benzene rings is 1. The second-order valence-corrected chi connectivity index (χ2v) is 8.12. The lowest BCUT2D eigenvalue weighted by Gasteiger charge is -2.41. The van der Waals surface area contributed by atoms with Gasteiger partial charge in [-0.15, -0.1) is 0 Å². The van der Waals surface area contributed by atoms with Gasteiger partial charge in [-0.3, -0.25) is 9.59 Å². The van der Waals surface area contributed by atoms with Crippen molar-refractivity contribution in [1.82, 2.24) is 10.2 Å². The smallest absolute Gasteiger partial charge is 0.321 e. The number of rotatable bonds is 4. The fraction of sp³-hybridized carbons (Fsp3) is 0.571. The topological polar surface area (TPSA) is 98.7 Å². The summed E-state index contributed by atoms with van der Waals surface area (Å²) in [5, 5.41) is 15.4. The summed E-state index contributed by atoms with van der Waals surface area (Å²) >= 11 is 0. The molecule has 1 saturated heterocycles. The number of carboxylic acids is 1. The Morgan fingerprint density at radius 1 is 1.11 bits per heavy atom. The number of piperidine rings is 1. The standard InChI is InChI=1S/C21H29N3O4/c1-21(12-6-5-11-17(21)19(26)27)23-18(25)15-8-7-13-24(14-15)20(28)22-16-9-3-2-4-10-16/h2-4,9-10,15,17H,5-8,11-14H2,1H3,(H,22,28)(H,23,25)(H,26,27). The number of urea groups is 1. The monoisotopic (exact) mass is 387 g/mol. The van der Waals surface area contributed by atoms with E-state index in [0.717, 1.165) is 24.9 Å². The minimum atomic E-state index is -0.852. The van der Waals surface area contributed by atoms with Crippen molar-refractivity contribution < 1.29 is 19.5 Å². The molecule has 1 saturated carbocycles. The Kier molecular flexibility index (Phi) is 6.21. The molecule has 3 unspecified atom stereocenters. The van der Waals surface area contributed by atoms with Crippen molar-refractivity contribution in [3.8, 4) is 0 Å². The highest BCUT2D eigenvalue weighted by atomic mass is 16.4. The van der Waals surface area contributed by atoms with Gasteiger partial charge in [0.2, 0.25) is 5.91 Å². The first-order valence-corrected chi connectivity index (χ1v) is 10.0. The summed E-state index contributed by atoms with van der Waals surface area (Å²) in [7, 11) is 0. The maximum Gasteiger partial charge on any atom is 0.321 e. The number of likely N-dealkylation sites (tertiary alicyclic amines) is 1. The van der Waals surface area contributed by atoms with Crippen LogP contribution in [0.1, 0.15) is 45.4 Å². The molecule has 0 radical (unpaired) electrons. The van der Waals surface area contributed by atoms with E-state index in [4.69, 9.17) is 0 Å². The van der Waals surface area contributed by atoms with Crippen molar-refractivity contribution in [2.24, 2.45) is 11.8 Å². The van der Waals surface area contributed by atoms with Crippen LogP contribution in [0.3, 0.4) is 0 Å². The number of hydrogen-bond acceptors (Lipinski definition) is 3. The first-order chi connectivity index (χ1) is 13.4. The molecule has 1 heterocycles. The maximum absolute atomic E-state index is 12.9. The average Bonchev–Trinajstić information content (AvgIpc) is 2.68. The molecule has 3 rings (SSSR count). The van der Waals surface area contributed by atoms with Gasteiger partial charge in [-0.1, -0.05) is 31.0 Å². The van der Waals surface area contributed by atoms with Crippen LogP contribution in [0.4, 0.5) is 10.5 Å². The molecule has 1 aromatic carbocycles. The van der Waals surface area contributed by atoms with Gasteiger partial charge < -0.3 is 20.6 Å². The van der Waals surface area contributed by atoms with Crippen LogP contribution in [0.2, 0.25) is 0 Å². The van der Waals surface area contributed by atoms with Crippen LogP contribution in [0.25, 0.3) is 0 Å². The van der Waals surface area contributed by atoms with Crippen molar-refractivity contribution in [3.05, 3.63) is 30.3 Å². The zero-order valence-corrected chi connectivity index (χ0v) is 16.3. The number of hydrogen-bond donors (Lipinski definition) is 3. The third-order valence-electron chi connectivity index (χ3n) is 6.02. The first-order valence-electron chi connectivity index (χ1n) is 10.0. The van der Waals surface area contributed by atoms with Crippen LogP contribution in [0.5, 0.6) is 0 Å². The van der Waals surface area contributed by atoms with Gasteiger partial charge in [0.15, 0.2) is 0 Å². The average molecular weight is 387 g/mol. The van der Waals surface area contributed by atoms with Gasteiger partial charge in [0.05, 0.1) is 17.4 Å². The predicted molar refractivity (Wildman–Crippen MR) is 106 cm³/mol. The predicted octanol–water partition coefficient (Wildman–Crippen LogP) is 3.08. The van der Waals surface area contributed by atoms with E-state index in [1.807, 2.05) is 37.3 Å². The van der Waals surface area contributed by atoms with Crippen molar-refractivity contribution in [1.29, 1.82) is 0 Å². The normalized spacial score (nSPS) is 27.7. The third-order valence-corrected chi connectivity index (χ3v) is 6.02. The number of anilines is 1. The first kappa shape index (κ1) is 20.2. The number of carboxylic acid groups (broad SMARTS) is 1. The number of carbonyl (C=O) groups is 3. The number of nitrogens with zero attached hydrogens (tertiary/aromatic N) is 1. The quantitative estimate of drug-likeness (QED) is 0.739. The lowest BCUT2D eigenvalue weighted by Crippen LogP contribution is -2.58. The number of aliphatic carboxylic acids is 1. The number of amides is 3. The van der Waals surface area contributed by atoms with Crippen LogP contribution in [-0.2, 0) is 9.59 Å². The lowest BCUT2D eigenvalue weighted by molar-refractivity contribution is -0.147. The molecule has 1 aromatic rings. The number of para-hydroxylation sites is 1. The van der Waals surface area contributed by atoms with Gasteiger partial charge in [-0.25, -0.2) is 4.79 Å². The summed E-state index contributed by atoms with van der Waals surface area (Å²) in [5.74, 6) is -1.88. The molecule has 2 fully saturated rings. The van der Waals surface area contributed by atoms with E-state index in [-0.39, 0.29) is 17.9 Å². The summed E-state index contributed by atoms with van der Waals surface area (Å²) in [6.45, 7) is 2.79. The highest BCUT2D eigenvalue weighted by molar-refractivity contribution is 5.90. The Labute approximate surface area is 165 Å². The Balaban J connectivity index is 1.61. The molecule has 0 bridgehead atoms. The Morgan fingerprint density at radius 2 is 1.86 bits per heavy atom. The van der Waals surface area contributed by atoms with E-state index in [1.54, 1.807) is 4.90 Å². The van der Waals surface area contributed by atoms with E-state index in [1.165, 1.54) is 0 Å². The summed E-state index contributed by atoms with van der Waals surface area (Å²) in [4.78, 5) is 38.7. The molecule has 0 aromatic heterocycles. The largest absolute Gasteiger partial charge is 0.481 e. The molecular weight excluding hydrogens is 358 g/mol. The molecule has 3 atom stereocenters. The Bertz CT molecular complexity index is 724. The zero-order valence-electron chi connectivity index (χ0n) is 16.3. The van der Waals surface area contributed by atoms with Crippen LogP contribution >= 0.6 is 0 Å². The van der Waals surface area contributed by atoms with E-state index < -0.39 is 17.4 Å². The van der Waals surface area contributed by atoms with Crippen LogP contribution in [0.15, 0.2) is 30.3 Å². The van der Waals surface area contributed by atoms with Crippen molar-refractivity contribution in [3.63, 3.8) is 0 Å².